The van der Waals surface area contributed by atoms with Crippen molar-refractivity contribution < 1.29 is 4.39 Å². The molecule has 1 aromatic heterocycles. The van der Waals surface area contributed by atoms with Gasteiger partial charge in [0.1, 0.15) is 5.82 Å². The van der Waals surface area contributed by atoms with Gasteiger partial charge in [-0.15, -0.1) is 0 Å². The number of rotatable bonds is 4. The predicted molar refractivity (Wildman–Crippen MR) is 80.6 cm³/mol. The molecule has 2 nitrogen and oxygen atoms in total. The van der Waals surface area contributed by atoms with Gasteiger partial charge in [-0.3, -0.25) is 4.98 Å². The third kappa shape index (κ3) is 3.17. The van der Waals surface area contributed by atoms with E-state index < -0.39 is 0 Å². The number of aromatic nitrogens is 1. The number of nitrogens with one attached hydrogen (secondary N) is 1. The molecule has 0 radical (unpaired) electrons. The smallest absolute Gasteiger partial charge is 0.129 e. The molecule has 1 N–H and O–H groups in total. The van der Waals surface area contributed by atoms with Crippen molar-refractivity contribution in [1.82, 2.24) is 10.3 Å². The summed E-state index contributed by atoms with van der Waals surface area (Å²) >= 11 is 5.82. The average Bonchev–Trinajstić information content (AvgIpc) is 2.37. The molecule has 0 aliphatic heterocycles. The van der Waals surface area contributed by atoms with Crippen LogP contribution in [0, 0.1) is 19.7 Å². The van der Waals surface area contributed by atoms with Gasteiger partial charge in [-0.2, -0.15) is 0 Å². The third-order valence-electron chi connectivity index (χ3n) is 3.21. The Morgan fingerprint density at radius 3 is 2.65 bits per heavy atom. The third-order valence-corrected chi connectivity index (χ3v) is 3.45. The number of benzene rings is 1. The van der Waals surface area contributed by atoms with E-state index in [1.165, 1.54) is 6.07 Å². The molecule has 1 aromatic carbocycles. The van der Waals surface area contributed by atoms with Crippen molar-refractivity contribution in [2.45, 2.75) is 26.8 Å². The van der Waals surface area contributed by atoms with Gasteiger partial charge >= 0.3 is 0 Å². The SMILES string of the molecule is CCNC(c1ccc(Cl)cc1F)c1ncc(C)cc1C. The van der Waals surface area contributed by atoms with Crippen LogP contribution < -0.4 is 5.32 Å². The van der Waals surface area contributed by atoms with Gasteiger partial charge in [0.15, 0.2) is 0 Å². The summed E-state index contributed by atoms with van der Waals surface area (Å²) < 4.78 is 14.2. The number of hydrogen-bond donors (Lipinski definition) is 1. The Balaban J connectivity index is 2.50. The van der Waals surface area contributed by atoms with E-state index in [1.54, 1.807) is 18.3 Å². The summed E-state index contributed by atoms with van der Waals surface area (Å²) in [6.45, 7) is 6.70. The molecule has 0 amide bonds. The van der Waals surface area contributed by atoms with E-state index in [2.05, 4.69) is 16.4 Å². The number of aryl methyl sites for hydroxylation is 2. The lowest BCUT2D eigenvalue weighted by Crippen LogP contribution is -2.24. The summed E-state index contributed by atoms with van der Waals surface area (Å²) in [6.07, 6.45) is 1.81. The molecular formula is C16H18ClFN2. The molecule has 0 aliphatic rings. The van der Waals surface area contributed by atoms with Crippen molar-refractivity contribution in [2.24, 2.45) is 0 Å². The van der Waals surface area contributed by atoms with Crippen molar-refractivity contribution in [3.05, 3.63) is 63.7 Å². The molecule has 106 valence electrons. The molecule has 0 aliphatic carbocycles. The first-order valence-electron chi connectivity index (χ1n) is 6.64. The van der Waals surface area contributed by atoms with Gasteiger partial charge in [0.25, 0.3) is 0 Å². The fourth-order valence-corrected chi connectivity index (χ4v) is 2.48. The molecule has 0 fully saturated rings. The minimum absolute atomic E-state index is 0.266. The minimum atomic E-state index is -0.315. The molecule has 0 saturated heterocycles. The van der Waals surface area contributed by atoms with Crippen LogP contribution in [0.15, 0.2) is 30.5 Å². The second kappa shape index (κ2) is 6.33. The molecule has 4 heteroatoms. The maximum absolute atomic E-state index is 14.2. The lowest BCUT2D eigenvalue weighted by Gasteiger charge is -2.20. The highest BCUT2D eigenvalue weighted by atomic mass is 35.5. The number of nitrogens with zero attached hydrogens (tertiary/aromatic N) is 1. The zero-order chi connectivity index (χ0) is 14.7. The lowest BCUT2D eigenvalue weighted by molar-refractivity contribution is 0.550. The van der Waals surface area contributed by atoms with E-state index in [0.717, 1.165) is 23.4 Å². The van der Waals surface area contributed by atoms with Crippen LogP contribution >= 0.6 is 11.6 Å². The van der Waals surface area contributed by atoms with Crippen LogP contribution in [-0.2, 0) is 0 Å². The Bertz CT molecular complexity index is 562. The normalized spacial score (nSPS) is 12.4. The minimum Gasteiger partial charge on any atom is -0.305 e. The summed E-state index contributed by atoms with van der Waals surface area (Å²) in [5.41, 5.74) is 3.55. The Labute approximate surface area is 124 Å². The number of halogens is 2. The predicted octanol–water partition coefficient (Wildman–Crippen LogP) is 4.19. The summed E-state index contributed by atoms with van der Waals surface area (Å²) in [5, 5.41) is 3.69. The first-order valence-corrected chi connectivity index (χ1v) is 7.02. The fourth-order valence-electron chi connectivity index (χ4n) is 2.32. The largest absolute Gasteiger partial charge is 0.305 e. The number of pyridine rings is 1. The molecule has 1 unspecified atom stereocenters. The Hall–Kier alpha value is -1.45. The quantitative estimate of drug-likeness (QED) is 0.914. The zero-order valence-electron chi connectivity index (χ0n) is 11.9. The van der Waals surface area contributed by atoms with Crippen LogP contribution in [0.4, 0.5) is 4.39 Å². The summed E-state index contributed by atoms with van der Waals surface area (Å²) in [5.74, 6) is -0.315. The molecule has 0 bridgehead atoms. The highest BCUT2D eigenvalue weighted by molar-refractivity contribution is 6.30. The topological polar surface area (TPSA) is 24.9 Å². The first kappa shape index (κ1) is 14.9. The molecule has 1 heterocycles. The highest BCUT2D eigenvalue weighted by Gasteiger charge is 2.20. The summed E-state index contributed by atoms with van der Waals surface area (Å²) in [4.78, 5) is 4.47. The highest BCUT2D eigenvalue weighted by Crippen LogP contribution is 2.27. The summed E-state index contributed by atoms with van der Waals surface area (Å²) in [6, 6.07) is 6.54. The standard InChI is InChI=1S/C16H18ClFN2/c1-4-19-16(13-6-5-12(17)8-14(13)18)15-11(3)7-10(2)9-20-15/h5-9,16,19H,4H2,1-3H3. The van der Waals surface area contributed by atoms with Crippen LogP contribution in [0.5, 0.6) is 0 Å². The lowest BCUT2D eigenvalue weighted by atomic mass is 9.98. The number of hydrogen-bond acceptors (Lipinski definition) is 2. The Morgan fingerprint density at radius 1 is 1.30 bits per heavy atom. The van der Waals surface area contributed by atoms with Crippen LogP contribution in [0.2, 0.25) is 5.02 Å². The molecule has 20 heavy (non-hydrogen) atoms. The van der Waals surface area contributed by atoms with Crippen molar-refractivity contribution in [3.8, 4) is 0 Å². The Kier molecular flexibility index (Phi) is 4.73. The van der Waals surface area contributed by atoms with Crippen molar-refractivity contribution in [3.63, 3.8) is 0 Å². The van der Waals surface area contributed by atoms with Gasteiger partial charge in [-0.25, -0.2) is 4.39 Å². The monoisotopic (exact) mass is 292 g/mol. The van der Waals surface area contributed by atoms with Crippen molar-refractivity contribution in [1.29, 1.82) is 0 Å². The van der Waals surface area contributed by atoms with E-state index in [0.29, 0.717) is 10.6 Å². The van der Waals surface area contributed by atoms with Crippen LogP contribution in [0.1, 0.15) is 35.3 Å². The first-order chi connectivity index (χ1) is 9.52. The van der Waals surface area contributed by atoms with Gasteiger partial charge in [0, 0.05) is 16.8 Å². The van der Waals surface area contributed by atoms with Gasteiger partial charge in [0.2, 0.25) is 0 Å². The fraction of sp³-hybridized carbons (Fsp3) is 0.312. The van der Waals surface area contributed by atoms with E-state index in [4.69, 9.17) is 11.6 Å². The van der Waals surface area contributed by atoms with Gasteiger partial charge in [-0.05, 0) is 43.7 Å². The maximum Gasteiger partial charge on any atom is 0.129 e. The van der Waals surface area contributed by atoms with E-state index in [-0.39, 0.29) is 11.9 Å². The maximum atomic E-state index is 14.2. The van der Waals surface area contributed by atoms with Crippen LogP contribution in [-0.4, -0.2) is 11.5 Å². The van der Waals surface area contributed by atoms with Gasteiger partial charge in [0.05, 0.1) is 11.7 Å². The van der Waals surface area contributed by atoms with E-state index >= 15 is 0 Å². The second-order valence-electron chi connectivity index (χ2n) is 4.87. The van der Waals surface area contributed by atoms with Crippen molar-refractivity contribution >= 4 is 11.6 Å². The average molecular weight is 293 g/mol. The van der Waals surface area contributed by atoms with E-state index in [1.807, 2.05) is 20.8 Å². The van der Waals surface area contributed by atoms with Gasteiger partial charge in [-0.1, -0.05) is 30.7 Å². The van der Waals surface area contributed by atoms with Gasteiger partial charge < -0.3 is 5.32 Å². The van der Waals surface area contributed by atoms with E-state index in [9.17, 15) is 4.39 Å². The van der Waals surface area contributed by atoms with Crippen LogP contribution in [0.25, 0.3) is 0 Å². The molecule has 0 spiro atoms. The molecule has 2 aromatic rings. The summed E-state index contributed by atoms with van der Waals surface area (Å²) in [7, 11) is 0. The Morgan fingerprint density at radius 2 is 2.05 bits per heavy atom. The zero-order valence-corrected chi connectivity index (χ0v) is 12.6. The van der Waals surface area contributed by atoms with Crippen LogP contribution in [0.3, 0.4) is 0 Å². The molecule has 1 atom stereocenters. The van der Waals surface area contributed by atoms with Crippen molar-refractivity contribution in [2.75, 3.05) is 6.54 Å². The molecule has 0 saturated carbocycles. The molecule has 2 rings (SSSR count). The molecular weight excluding hydrogens is 275 g/mol. The second-order valence-corrected chi connectivity index (χ2v) is 5.31.